The number of ether oxygens (including phenoxy) is 2. The van der Waals surface area contributed by atoms with Crippen LogP contribution in [-0.4, -0.2) is 29.5 Å². The smallest absolute Gasteiger partial charge is 0.416 e. The maximum Gasteiger partial charge on any atom is 0.416 e. The van der Waals surface area contributed by atoms with Crippen molar-refractivity contribution >= 4 is 23.3 Å². The Hall–Kier alpha value is -3.63. The minimum Gasteiger partial charge on any atom is -0.482 e. The number of anilines is 1. The van der Waals surface area contributed by atoms with Crippen molar-refractivity contribution < 1.29 is 37.2 Å². The Labute approximate surface area is 162 Å². The number of carbonyl (C=O) groups excluding carboxylic acids is 2. The molecule has 11 heteroatoms. The fourth-order valence-electron chi connectivity index (χ4n) is 2.11. The molecule has 1 N–H and O–H groups in total. The molecule has 2 aromatic rings. The zero-order valence-corrected chi connectivity index (χ0v) is 14.9. The normalized spacial score (nSPS) is 12.0. The van der Waals surface area contributed by atoms with Gasteiger partial charge >= 0.3 is 12.1 Å². The summed E-state index contributed by atoms with van der Waals surface area (Å²) in [6.45, 7) is 0.672. The fraction of sp³-hybridized carbons (Fsp3) is 0.222. The number of hydrogen-bond donors (Lipinski definition) is 1. The van der Waals surface area contributed by atoms with E-state index in [9.17, 15) is 32.9 Å². The SMILES string of the molecule is C[C@H](OC(=O)COc1ccc([N+](=O)[O-])cc1)C(=O)Nc1cccc(C(F)(F)F)c1. The van der Waals surface area contributed by atoms with E-state index in [1.54, 1.807) is 0 Å². The van der Waals surface area contributed by atoms with Crippen molar-refractivity contribution in [1.82, 2.24) is 0 Å². The number of halogens is 3. The lowest BCUT2D eigenvalue weighted by atomic mass is 10.2. The van der Waals surface area contributed by atoms with Gasteiger partial charge in [0.15, 0.2) is 12.7 Å². The summed E-state index contributed by atoms with van der Waals surface area (Å²) >= 11 is 0. The highest BCUT2D eigenvalue weighted by atomic mass is 19.4. The number of nitrogens with one attached hydrogen (secondary N) is 1. The van der Waals surface area contributed by atoms with Gasteiger partial charge in [0, 0.05) is 17.8 Å². The number of benzene rings is 2. The minimum atomic E-state index is -4.56. The minimum absolute atomic E-state index is 0.102. The number of carbonyl (C=O) groups is 2. The molecular weight excluding hydrogens is 397 g/mol. The van der Waals surface area contributed by atoms with E-state index < -0.39 is 41.3 Å². The molecule has 29 heavy (non-hydrogen) atoms. The van der Waals surface area contributed by atoms with E-state index in [4.69, 9.17) is 9.47 Å². The molecule has 154 valence electrons. The number of amides is 1. The van der Waals surface area contributed by atoms with E-state index in [2.05, 4.69) is 5.32 Å². The second kappa shape index (κ2) is 9.04. The largest absolute Gasteiger partial charge is 0.482 e. The van der Waals surface area contributed by atoms with Gasteiger partial charge in [0.1, 0.15) is 5.75 Å². The van der Waals surface area contributed by atoms with Crippen molar-refractivity contribution in [3.05, 3.63) is 64.2 Å². The lowest BCUT2D eigenvalue weighted by Crippen LogP contribution is -2.31. The second-order valence-electron chi connectivity index (χ2n) is 5.74. The molecule has 8 nitrogen and oxygen atoms in total. The molecular formula is C18H15F3N2O6. The van der Waals surface area contributed by atoms with E-state index in [1.165, 1.54) is 37.3 Å². The van der Waals surface area contributed by atoms with Crippen molar-refractivity contribution in [1.29, 1.82) is 0 Å². The van der Waals surface area contributed by atoms with Crippen molar-refractivity contribution in [3.63, 3.8) is 0 Å². The third-order valence-electron chi connectivity index (χ3n) is 3.54. The predicted molar refractivity (Wildman–Crippen MR) is 94.2 cm³/mol. The molecule has 0 radical (unpaired) electrons. The molecule has 2 rings (SSSR count). The van der Waals surface area contributed by atoms with Crippen LogP contribution >= 0.6 is 0 Å². The first-order valence-corrected chi connectivity index (χ1v) is 8.11. The van der Waals surface area contributed by atoms with Gasteiger partial charge in [0.25, 0.3) is 11.6 Å². The summed E-state index contributed by atoms with van der Waals surface area (Å²) in [6, 6.07) is 8.95. The number of rotatable bonds is 7. The zero-order valence-electron chi connectivity index (χ0n) is 14.9. The van der Waals surface area contributed by atoms with E-state index in [0.29, 0.717) is 0 Å². The predicted octanol–water partition coefficient (Wildman–Crippen LogP) is 3.56. The summed E-state index contributed by atoms with van der Waals surface area (Å²) in [4.78, 5) is 33.7. The lowest BCUT2D eigenvalue weighted by molar-refractivity contribution is -0.384. The fourth-order valence-corrected chi connectivity index (χ4v) is 2.11. The number of non-ortho nitro benzene ring substituents is 1. The molecule has 0 heterocycles. The summed E-state index contributed by atoms with van der Waals surface area (Å²) in [7, 11) is 0. The Balaban J connectivity index is 1.85. The van der Waals surface area contributed by atoms with Gasteiger partial charge in [0.05, 0.1) is 10.5 Å². The van der Waals surface area contributed by atoms with Crippen LogP contribution in [0.5, 0.6) is 5.75 Å². The Morgan fingerprint density at radius 1 is 1.17 bits per heavy atom. The van der Waals surface area contributed by atoms with Crippen molar-refractivity contribution in [3.8, 4) is 5.75 Å². The Morgan fingerprint density at radius 2 is 1.83 bits per heavy atom. The van der Waals surface area contributed by atoms with E-state index in [0.717, 1.165) is 18.2 Å². The van der Waals surface area contributed by atoms with Crippen LogP contribution in [0, 0.1) is 10.1 Å². The highest BCUT2D eigenvalue weighted by Crippen LogP contribution is 2.30. The monoisotopic (exact) mass is 412 g/mol. The van der Waals surface area contributed by atoms with E-state index in [-0.39, 0.29) is 17.1 Å². The molecule has 1 atom stereocenters. The Bertz CT molecular complexity index is 899. The molecule has 0 unspecified atom stereocenters. The second-order valence-corrected chi connectivity index (χ2v) is 5.74. The summed E-state index contributed by atoms with van der Waals surface area (Å²) < 4.78 is 48.0. The van der Waals surface area contributed by atoms with E-state index in [1.807, 2.05) is 0 Å². The molecule has 0 saturated heterocycles. The molecule has 0 saturated carbocycles. The summed E-state index contributed by atoms with van der Waals surface area (Å²) in [6.07, 6.45) is -5.86. The van der Waals surface area contributed by atoms with Crippen LogP contribution in [0.15, 0.2) is 48.5 Å². The summed E-state index contributed by atoms with van der Waals surface area (Å²) in [5, 5.41) is 12.8. The van der Waals surface area contributed by atoms with Crippen molar-refractivity contribution in [2.75, 3.05) is 11.9 Å². The van der Waals surface area contributed by atoms with Gasteiger partial charge in [-0.3, -0.25) is 14.9 Å². The summed E-state index contributed by atoms with van der Waals surface area (Å²) in [5.74, 6) is -1.56. The van der Waals surface area contributed by atoms with Gasteiger partial charge in [-0.25, -0.2) is 4.79 Å². The first-order valence-electron chi connectivity index (χ1n) is 8.11. The van der Waals surface area contributed by atoms with Crippen LogP contribution < -0.4 is 10.1 Å². The van der Waals surface area contributed by atoms with Crippen LogP contribution in [0.2, 0.25) is 0 Å². The van der Waals surface area contributed by atoms with Gasteiger partial charge in [-0.1, -0.05) is 6.07 Å². The lowest BCUT2D eigenvalue weighted by Gasteiger charge is -2.15. The van der Waals surface area contributed by atoms with Gasteiger partial charge in [0.2, 0.25) is 0 Å². The van der Waals surface area contributed by atoms with Crippen molar-refractivity contribution in [2.24, 2.45) is 0 Å². The average Bonchev–Trinajstić information content (AvgIpc) is 2.66. The Morgan fingerprint density at radius 3 is 2.41 bits per heavy atom. The number of alkyl halides is 3. The molecule has 0 aliphatic heterocycles. The topological polar surface area (TPSA) is 108 Å². The number of nitro benzene ring substituents is 1. The van der Waals surface area contributed by atoms with Gasteiger partial charge in [-0.15, -0.1) is 0 Å². The highest BCUT2D eigenvalue weighted by Gasteiger charge is 2.30. The highest BCUT2D eigenvalue weighted by molar-refractivity contribution is 5.95. The number of nitrogens with zero attached hydrogens (tertiary/aromatic N) is 1. The zero-order chi connectivity index (χ0) is 21.6. The quantitative estimate of drug-likeness (QED) is 0.423. The molecule has 0 spiro atoms. The average molecular weight is 412 g/mol. The molecule has 0 bridgehead atoms. The third-order valence-corrected chi connectivity index (χ3v) is 3.54. The number of hydrogen-bond acceptors (Lipinski definition) is 6. The standard InChI is InChI=1S/C18H15F3N2O6/c1-11(17(25)22-13-4-2-3-12(9-13)18(19,20)21)29-16(24)10-28-15-7-5-14(6-8-15)23(26)27/h2-9,11H,10H2,1H3,(H,22,25)/t11-/m0/s1. The first kappa shape index (κ1) is 21.7. The van der Waals surface area contributed by atoms with Gasteiger partial charge < -0.3 is 14.8 Å². The van der Waals surface area contributed by atoms with Crippen LogP contribution in [0.25, 0.3) is 0 Å². The Kier molecular flexibility index (Phi) is 6.75. The summed E-state index contributed by atoms with van der Waals surface area (Å²) in [5.41, 5.74) is -1.19. The van der Waals surface area contributed by atoms with Crippen molar-refractivity contribution in [2.45, 2.75) is 19.2 Å². The first-order chi connectivity index (χ1) is 13.6. The molecule has 0 aliphatic rings. The van der Waals surface area contributed by atoms with Crippen LogP contribution in [0.3, 0.4) is 0 Å². The maximum absolute atomic E-state index is 12.7. The van der Waals surface area contributed by atoms with Crippen LogP contribution in [0.4, 0.5) is 24.5 Å². The molecule has 1 amide bonds. The number of nitro groups is 1. The molecule has 0 aromatic heterocycles. The number of esters is 1. The maximum atomic E-state index is 12.7. The van der Waals surface area contributed by atoms with E-state index >= 15 is 0 Å². The molecule has 0 fully saturated rings. The molecule has 0 aliphatic carbocycles. The molecule has 2 aromatic carbocycles. The van der Waals surface area contributed by atoms with Gasteiger partial charge in [-0.05, 0) is 37.3 Å². The van der Waals surface area contributed by atoms with Crippen LogP contribution in [0.1, 0.15) is 12.5 Å². The van der Waals surface area contributed by atoms with Gasteiger partial charge in [-0.2, -0.15) is 13.2 Å². The third kappa shape index (κ3) is 6.48. The van der Waals surface area contributed by atoms with Crippen LogP contribution in [-0.2, 0) is 20.5 Å².